The molecule has 0 bridgehead atoms. The SMILES string of the molecule is CC/C=C\C/C=C\C/C=C\C/C=C\C/C=C\C/C=C\C/C=C\CCCC(=O)OC(COCCCCCCCC/C=C\CCCCC)COC1OC(CO)C(O)C(OS(=O)(=O)O)C1O. The Morgan fingerprint density at radius 2 is 1.10 bits per heavy atom. The first-order chi connectivity index (χ1) is 30.6. The van der Waals surface area contributed by atoms with E-state index in [0.29, 0.717) is 19.4 Å². The van der Waals surface area contributed by atoms with Crippen LogP contribution in [0.15, 0.2) is 97.2 Å². The van der Waals surface area contributed by atoms with Crippen LogP contribution in [0.25, 0.3) is 0 Å². The first-order valence-electron chi connectivity index (χ1n) is 23.5. The van der Waals surface area contributed by atoms with E-state index in [9.17, 15) is 28.5 Å². The maximum Gasteiger partial charge on any atom is 0.397 e. The third-order valence-electron chi connectivity index (χ3n) is 9.94. The molecule has 1 saturated heterocycles. The van der Waals surface area contributed by atoms with Crippen molar-refractivity contribution in [1.29, 1.82) is 0 Å². The molecule has 0 aromatic carbocycles. The summed E-state index contributed by atoms with van der Waals surface area (Å²) in [7, 11) is -5.08. The minimum absolute atomic E-state index is 0.00199. The number of esters is 1. The van der Waals surface area contributed by atoms with Gasteiger partial charge < -0.3 is 34.3 Å². The molecule has 63 heavy (non-hydrogen) atoms. The number of ether oxygens (including phenoxy) is 4. The van der Waals surface area contributed by atoms with E-state index in [2.05, 4.69) is 109 Å². The van der Waals surface area contributed by atoms with Gasteiger partial charge in [-0.15, -0.1) is 0 Å². The molecule has 1 fully saturated rings. The van der Waals surface area contributed by atoms with Crippen LogP contribution in [-0.4, -0.2) is 97.5 Å². The van der Waals surface area contributed by atoms with Crippen molar-refractivity contribution in [3.63, 3.8) is 0 Å². The van der Waals surface area contributed by atoms with Crippen molar-refractivity contribution >= 4 is 16.4 Å². The molecule has 12 nitrogen and oxygen atoms in total. The predicted octanol–water partition coefficient (Wildman–Crippen LogP) is 10.2. The van der Waals surface area contributed by atoms with E-state index in [-0.39, 0.29) is 19.6 Å². The zero-order chi connectivity index (χ0) is 46.1. The summed E-state index contributed by atoms with van der Waals surface area (Å²) < 4.78 is 59.0. The fraction of sp³-hybridized carbons (Fsp3) is 0.660. The van der Waals surface area contributed by atoms with Crippen LogP contribution in [0.2, 0.25) is 0 Å². The molecule has 0 aliphatic carbocycles. The van der Waals surface area contributed by atoms with Crippen LogP contribution in [0.5, 0.6) is 0 Å². The molecule has 1 rings (SSSR count). The summed E-state index contributed by atoms with van der Waals surface area (Å²) in [6.45, 7) is 3.74. The van der Waals surface area contributed by atoms with Gasteiger partial charge in [0.1, 0.15) is 30.5 Å². The molecule has 0 aromatic heterocycles. The summed E-state index contributed by atoms with van der Waals surface area (Å²) in [6, 6.07) is 0. The van der Waals surface area contributed by atoms with Gasteiger partial charge in [0, 0.05) is 13.0 Å². The van der Waals surface area contributed by atoms with Gasteiger partial charge >= 0.3 is 16.4 Å². The summed E-state index contributed by atoms with van der Waals surface area (Å²) in [5.41, 5.74) is 0. The van der Waals surface area contributed by atoms with Gasteiger partial charge in [0.05, 0.1) is 19.8 Å². The predicted molar refractivity (Wildman–Crippen MR) is 252 cm³/mol. The molecule has 360 valence electrons. The Balaban J connectivity index is 2.46. The average molecular weight is 907 g/mol. The van der Waals surface area contributed by atoms with Crippen LogP contribution < -0.4 is 0 Å². The highest BCUT2D eigenvalue weighted by molar-refractivity contribution is 7.80. The fourth-order valence-electron chi connectivity index (χ4n) is 6.42. The Morgan fingerprint density at radius 1 is 0.619 bits per heavy atom. The lowest BCUT2D eigenvalue weighted by atomic mass is 9.99. The van der Waals surface area contributed by atoms with Crippen molar-refractivity contribution in [2.75, 3.05) is 26.4 Å². The highest BCUT2D eigenvalue weighted by Crippen LogP contribution is 2.26. The Morgan fingerprint density at radius 3 is 1.62 bits per heavy atom. The summed E-state index contributed by atoms with van der Waals surface area (Å²) in [5, 5.41) is 30.7. The van der Waals surface area contributed by atoms with Crippen LogP contribution in [0.1, 0.15) is 149 Å². The lowest BCUT2D eigenvalue weighted by Gasteiger charge is -2.41. The monoisotopic (exact) mass is 907 g/mol. The third kappa shape index (κ3) is 34.1. The van der Waals surface area contributed by atoms with E-state index in [4.69, 9.17) is 23.5 Å². The molecular formula is C50H82O12S. The van der Waals surface area contributed by atoms with Gasteiger partial charge in [0.25, 0.3) is 0 Å². The normalized spacial score (nSPS) is 20.8. The van der Waals surface area contributed by atoms with Crippen LogP contribution >= 0.6 is 0 Å². The number of hydrogen-bond acceptors (Lipinski definition) is 11. The topological polar surface area (TPSA) is 178 Å². The van der Waals surface area contributed by atoms with Gasteiger partial charge in [0.2, 0.25) is 0 Å². The number of hydrogen-bond donors (Lipinski definition) is 4. The minimum atomic E-state index is -5.08. The maximum atomic E-state index is 12.8. The van der Waals surface area contributed by atoms with Crippen molar-refractivity contribution in [1.82, 2.24) is 0 Å². The second kappa shape index (κ2) is 40.5. The number of rotatable bonds is 39. The molecule has 1 aliphatic heterocycles. The lowest BCUT2D eigenvalue weighted by Crippen LogP contribution is -2.60. The smallest absolute Gasteiger partial charge is 0.397 e. The van der Waals surface area contributed by atoms with E-state index in [1.807, 2.05) is 6.08 Å². The fourth-order valence-corrected chi connectivity index (χ4v) is 6.93. The van der Waals surface area contributed by atoms with E-state index in [1.165, 1.54) is 38.5 Å². The standard InChI is InChI=1S/C50H82O12S/c1-3-5-7-9-11-13-15-17-18-19-20-21-22-23-24-25-26-27-29-31-33-35-37-39-46(52)60-44(42-58-40-38-36-34-32-30-28-16-14-12-10-8-6-4-2)43-59-50-48(54)49(62-63(55,56)57)47(53)45(41-51)61-50/h5,7,11-14,17-18,20-21,23-24,26-27,31,33,44-45,47-51,53-54H,3-4,6,8-10,15-16,19,22,25,28-30,32,34-43H2,1-2H3,(H,55,56,57)/b7-5-,13-11-,14-12-,18-17-,21-20-,24-23-,27-26-,33-31-. The van der Waals surface area contributed by atoms with Gasteiger partial charge in [-0.3, -0.25) is 9.35 Å². The van der Waals surface area contributed by atoms with Gasteiger partial charge in [-0.2, -0.15) is 8.42 Å². The molecule has 0 radical (unpaired) electrons. The van der Waals surface area contributed by atoms with E-state index in [1.54, 1.807) is 0 Å². The second-order valence-corrected chi connectivity index (χ2v) is 16.7. The molecule has 0 spiro atoms. The van der Waals surface area contributed by atoms with Gasteiger partial charge in [0.15, 0.2) is 6.29 Å². The third-order valence-corrected chi connectivity index (χ3v) is 10.4. The second-order valence-electron chi connectivity index (χ2n) is 15.6. The van der Waals surface area contributed by atoms with Crippen molar-refractivity contribution in [3.8, 4) is 0 Å². The molecule has 4 N–H and O–H groups in total. The summed E-state index contributed by atoms with van der Waals surface area (Å²) in [6.07, 6.45) is 45.9. The summed E-state index contributed by atoms with van der Waals surface area (Å²) in [5.74, 6) is -0.463. The van der Waals surface area contributed by atoms with Crippen molar-refractivity contribution in [2.45, 2.75) is 185 Å². The van der Waals surface area contributed by atoms with Crippen LogP contribution in [0.4, 0.5) is 0 Å². The van der Waals surface area contributed by atoms with E-state index < -0.39 is 59.8 Å². The molecule has 6 atom stereocenters. The number of unbranched alkanes of at least 4 members (excludes halogenated alkanes) is 10. The van der Waals surface area contributed by atoms with Crippen molar-refractivity contribution in [3.05, 3.63) is 97.2 Å². The van der Waals surface area contributed by atoms with Crippen LogP contribution in [0.3, 0.4) is 0 Å². The minimum Gasteiger partial charge on any atom is -0.457 e. The lowest BCUT2D eigenvalue weighted by molar-refractivity contribution is -0.301. The Kier molecular flexibility index (Phi) is 37.3. The first-order valence-corrected chi connectivity index (χ1v) is 24.9. The number of aliphatic hydroxyl groups excluding tert-OH is 3. The molecule has 0 aromatic rings. The van der Waals surface area contributed by atoms with Crippen molar-refractivity contribution < 1.29 is 56.2 Å². The molecule has 1 aliphatic rings. The average Bonchev–Trinajstić information content (AvgIpc) is 3.26. The molecule has 0 amide bonds. The Bertz CT molecular complexity index is 1460. The Labute approximate surface area is 380 Å². The highest BCUT2D eigenvalue weighted by atomic mass is 32.3. The molecular weight excluding hydrogens is 825 g/mol. The Hall–Kier alpha value is -2.98. The summed E-state index contributed by atoms with van der Waals surface area (Å²) >= 11 is 0. The van der Waals surface area contributed by atoms with Crippen LogP contribution in [-0.2, 0) is 38.3 Å². The number of carbonyl (C=O) groups excluding carboxylic acids is 1. The zero-order valence-corrected chi connectivity index (χ0v) is 39.2. The van der Waals surface area contributed by atoms with E-state index >= 15 is 0 Å². The zero-order valence-electron chi connectivity index (χ0n) is 38.3. The number of aliphatic hydroxyl groups is 3. The highest BCUT2D eigenvalue weighted by Gasteiger charge is 2.48. The molecule has 1 heterocycles. The summed E-state index contributed by atoms with van der Waals surface area (Å²) in [4.78, 5) is 12.8. The maximum absolute atomic E-state index is 12.8. The van der Waals surface area contributed by atoms with Gasteiger partial charge in [-0.1, -0.05) is 150 Å². The molecule has 6 unspecified atom stereocenters. The quantitative estimate of drug-likeness (QED) is 0.0199. The number of carbonyl (C=O) groups is 1. The van der Waals surface area contributed by atoms with Gasteiger partial charge in [-0.05, 0) is 89.9 Å². The van der Waals surface area contributed by atoms with Crippen LogP contribution in [0, 0.1) is 0 Å². The van der Waals surface area contributed by atoms with Crippen molar-refractivity contribution in [2.24, 2.45) is 0 Å². The van der Waals surface area contributed by atoms with Gasteiger partial charge in [-0.25, -0.2) is 4.18 Å². The first kappa shape index (κ1) is 58.0. The largest absolute Gasteiger partial charge is 0.457 e. The molecule has 13 heteroatoms. The van der Waals surface area contributed by atoms with E-state index in [0.717, 1.165) is 77.0 Å². The molecule has 0 saturated carbocycles. The number of allylic oxidation sites excluding steroid dienone is 16.